The first-order valence-corrected chi connectivity index (χ1v) is 18.7. The van der Waals surface area contributed by atoms with Crippen molar-refractivity contribution in [2.45, 2.75) is 116 Å². The van der Waals surface area contributed by atoms with Crippen molar-refractivity contribution >= 4 is 17.5 Å². The summed E-state index contributed by atoms with van der Waals surface area (Å²) >= 11 is 0. The van der Waals surface area contributed by atoms with Crippen LogP contribution in [-0.2, 0) is 30.2 Å². The van der Waals surface area contributed by atoms with Crippen LogP contribution in [0.2, 0.25) is 0 Å². The number of aryl methyl sites for hydroxylation is 1. The Hall–Kier alpha value is -3.24. The van der Waals surface area contributed by atoms with E-state index in [1.807, 2.05) is 18.2 Å². The van der Waals surface area contributed by atoms with Crippen molar-refractivity contribution in [3.63, 3.8) is 0 Å². The molecule has 3 fully saturated rings. The van der Waals surface area contributed by atoms with Gasteiger partial charge in [-0.1, -0.05) is 19.9 Å². The van der Waals surface area contributed by atoms with Crippen LogP contribution in [0.5, 0.6) is 11.5 Å². The van der Waals surface area contributed by atoms with Gasteiger partial charge in [0.2, 0.25) is 0 Å². The highest BCUT2D eigenvalue weighted by atomic mass is 16.6. The minimum Gasteiger partial charge on any atom is -0.504 e. The maximum atomic E-state index is 12.7. The van der Waals surface area contributed by atoms with E-state index < -0.39 is 24.3 Å². The van der Waals surface area contributed by atoms with Gasteiger partial charge in [-0.3, -0.25) is 9.59 Å². The van der Waals surface area contributed by atoms with Gasteiger partial charge in [0.1, 0.15) is 12.2 Å². The number of allylic oxidation sites excluding steroid dienone is 2. The molecule has 1 aromatic rings. The van der Waals surface area contributed by atoms with Crippen molar-refractivity contribution in [3.05, 3.63) is 41.2 Å². The summed E-state index contributed by atoms with van der Waals surface area (Å²) in [7, 11) is 3.30. The molecule has 278 valence electrons. The van der Waals surface area contributed by atoms with Crippen LogP contribution < -0.4 is 15.8 Å². The molecule has 10 heteroatoms. The zero-order valence-corrected chi connectivity index (χ0v) is 30.9. The zero-order valence-electron chi connectivity index (χ0n) is 30.9. The van der Waals surface area contributed by atoms with Crippen LogP contribution in [0.25, 0.3) is 5.57 Å². The number of rotatable bonds is 12. The van der Waals surface area contributed by atoms with Gasteiger partial charge in [-0.15, -0.1) is 0 Å². The fourth-order valence-corrected chi connectivity index (χ4v) is 9.88. The first-order valence-electron chi connectivity index (χ1n) is 18.7. The molecule has 0 aromatic heterocycles. The molecule has 5 N–H and O–H groups in total. The SMILES string of the molecule is COc1cc(CCC(CC(OC(C)=O)C2CC(O)C3CC(OC)CCC4CC(C(C)C)C(C2)CC43)OC(C)=O)c(C2=CCNC(N)=C2)cc1O. The topological polar surface area (TPSA) is 150 Å². The number of dihydropyridines is 1. The Morgan fingerprint density at radius 3 is 2.40 bits per heavy atom. The second-order valence-electron chi connectivity index (χ2n) is 15.7. The number of carbonyl (C=O) groups is 2. The lowest BCUT2D eigenvalue weighted by Gasteiger charge is -2.50. The number of aliphatic hydroxyl groups excluding tert-OH is 1. The van der Waals surface area contributed by atoms with Gasteiger partial charge in [-0.25, -0.2) is 0 Å². The number of nitrogens with one attached hydrogen (secondary N) is 1. The number of ether oxygens (including phenoxy) is 4. The Balaban J connectivity index is 1.42. The predicted octanol–water partition coefficient (Wildman–Crippen LogP) is 5.87. The van der Waals surface area contributed by atoms with Crippen LogP contribution >= 0.6 is 0 Å². The van der Waals surface area contributed by atoms with E-state index in [4.69, 9.17) is 24.7 Å². The lowest BCUT2D eigenvalue weighted by molar-refractivity contribution is -0.158. The summed E-state index contributed by atoms with van der Waals surface area (Å²) in [5.74, 6) is 2.81. The Morgan fingerprint density at radius 2 is 1.74 bits per heavy atom. The van der Waals surface area contributed by atoms with Crippen molar-refractivity contribution in [1.29, 1.82) is 0 Å². The maximum absolute atomic E-state index is 12.7. The molecule has 2 bridgehead atoms. The number of hydrogen-bond acceptors (Lipinski definition) is 10. The second kappa shape index (κ2) is 16.9. The van der Waals surface area contributed by atoms with Gasteiger partial charge >= 0.3 is 11.9 Å². The molecule has 10 atom stereocenters. The largest absolute Gasteiger partial charge is 0.504 e. The third-order valence-electron chi connectivity index (χ3n) is 12.2. The Bertz CT molecular complexity index is 1410. The van der Waals surface area contributed by atoms with Crippen molar-refractivity contribution in [1.82, 2.24) is 5.32 Å². The molecule has 1 heterocycles. The van der Waals surface area contributed by atoms with E-state index in [0.29, 0.717) is 73.4 Å². The number of esters is 2. The van der Waals surface area contributed by atoms with E-state index in [0.717, 1.165) is 48.8 Å². The van der Waals surface area contributed by atoms with E-state index in [1.54, 1.807) is 13.2 Å². The summed E-state index contributed by atoms with van der Waals surface area (Å²) in [5, 5.41) is 25.7. The number of hydrogen-bond donors (Lipinski definition) is 4. The molecule has 0 saturated heterocycles. The van der Waals surface area contributed by atoms with Crippen LogP contribution in [0, 0.1) is 41.4 Å². The van der Waals surface area contributed by atoms with Crippen LogP contribution in [-0.4, -0.2) is 67.3 Å². The first kappa shape index (κ1) is 38.0. The summed E-state index contributed by atoms with van der Waals surface area (Å²) in [6, 6.07) is 3.50. The number of aromatic hydroxyl groups is 1. The average molecular weight is 697 g/mol. The van der Waals surface area contributed by atoms with Gasteiger partial charge in [0.15, 0.2) is 11.5 Å². The molecule has 4 aliphatic rings. The third kappa shape index (κ3) is 9.15. The summed E-state index contributed by atoms with van der Waals surface area (Å²) in [6.07, 6.45) is 10.4. The predicted molar refractivity (Wildman–Crippen MR) is 192 cm³/mol. The fourth-order valence-electron chi connectivity index (χ4n) is 9.88. The smallest absolute Gasteiger partial charge is 0.302 e. The monoisotopic (exact) mass is 696 g/mol. The van der Waals surface area contributed by atoms with Crippen molar-refractivity contribution in [2.75, 3.05) is 20.8 Å². The summed E-state index contributed by atoms with van der Waals surface area (Å²) in [6.45, 7) is 8.05. The van der Waals surface area contributed by atoms with Gasteiger partial charge in [0.05, 0.1) is 25.1 Å². The molecule has 1 aromatic carbocycles. The molecule has 3 saturated carbocycles. The van der Waals surface area contributed by atoms with Gasteiger partial charge in [0, 0.05) is 33.9 Å². The second-order valence-corrected chi connectivity index (χ2v) is 15.7. The van der Waals surface area contributed by atoms with Crippen molar-refractivity contribution in [2.24, 2.45) is 47.2 Å². The van der Waals surface area contributed by atoms with Crippen LogP contribution in [0.4, 0.5) is 0 Å². The number of carbonyl (C=O) groups excluding carboxylic acids is 2. The molecule has 10 nitrogen and oxygen atoms in total. The molecular weight excluding hydrogens is 636 g/mol. The minimum absolute atomic E-state index is 0.0217. The molecule has 0 radical (unpaired) electrons. The maximum Gasteiger partial charge on any atom is 0.302 e. The van der Waals surface area contributed by atoms with E-state index in [9.17, 15) is 19.8 Å². The molecule has 1 aliphatic heterocycles. The number of nitrogens with two attached hydrogens (primary N) is 1. The highest BCUT2D eigenvalue weighted by Gasteiger charge is 2.49. The molecular formula is C40H60N2O8. The molecule has 10 unspecified atom stereocenters. The summed E-state index contributed by atoms with van der Waals surface area (Å²) in [4.78, 5) is 25.2. The molecule has 0 spiro atoms. The quantitative estimate of drug-likeness (QED) is 0.195. The fraction of sp³-hybridized carbons (Fsp3) is 0.700. The van der Waals surface area contributed by atoms with Gasteiger partial charge < -0.3 is 40.2 Å². The number of phenols is 1. The average Bonchev–Trinajstić information content (AvgIpc) is 3.23. The van der Waals surface area contributed by atoms with Crippen molar-refractivity contribution in [3.8, 4) is 11.5 Å². The summed E-state index contributed by atoms with van der Waals surface area (Å²) < 4.78 is 23.4. The van der Waals surface area contributed by atoms with Gasteiger partial charge in [-0.05, 0) is 134 Å². The zero-order chi connectivity index (χ0) is 36.1. The highest BCUT2D eigenvalue weighted by Crippen LogP contribution is 2.54. The number of fused-ring (bicyclic) bond motifs is 1. The third-order valence-corrected chi connectivity index (χ3v) is 12.2. The lowest BCUT2D eigenvalue weighted by Crippen LogP contribution is -2.46. The van der Waals surface area contributed by atoms with Gasteiger partial charge in [0.25, 0.3) is 0 Å². The van der Waals surface area contributed by atoms with Crippen molar-refractivity contribution < 1.29 is 38.7 Å². The Kier molecular flexibility index (Phi) is 12.8. The first-order chi connectivity index (χ1) is 23.9. The summed E-state index contributed by atoms with van der Waals surface area (Å²) in [5.41, 5.74) is 8.68. The van der Waals surface area contributed by atoms with Crippen LogP contribution in [0.15, 0.2) is 30.1 Å². The highest BCUT2D eigenvalue weighted by molar-refractivity contribution is 5.79. The standard InChI is InChI=1S/C40H60N2O8/c1-22(2)32-14-25-7-9-30(47-5)19-35-34(25)15-28(32)13-29(16-36(35)45)38(50-24(4)44)20-31(49-23(3)43)10-8-26-17-39(48-6)37(46)21-33(26)27-11-12-42-40(41)18-27/h11,17-18,21-22,25,28-32,34-36,38,42,45-46H,7-10,12-16,19-20,41H2,1-6H3. The van der Waals surface area contributed by atoms with E-state index in [2.05, 4.69) is 19.2 Å². The van der Waals surface area contributed by atoms with E-state index >= 15 is 0 Å². The number of methoxy groups -OCH3 is 2. The van der Waals surface area contributed by atoms with Crippen LogP contribution in [0.1, 0.15) is 96.6 Å². The minimum atomic E-state index is -0.546. The Labute approximate surface area is 298 Å². The molecule has 0 amide bonds. The van der Waals surface area contributed by atoms with E-state index in [1.165, 1.54) is 27.4 Å². The number of aliphatic hydroxyl groups is 1. The lowest BCUT2D eigenvalue weighted by atomic mass is 9.56. The molecule has 3 aliphatic carbocycles. The number of phenolic OH excluding ortho intramolecular Hbond substituents is 1. The van der Waals surface area contributed by atoms with Gasteiger partial charge in [-0.2, -0.15) is 0 Å². The van der Waals surface area contributed by atoms with Crippen LogP contribution in [0.3, 0.4) is 0 Å². The molecule has 5 rings (SSSR count). The normalized spacial score (nSPS) is 30.7. The molecule has 50 heavy (non-hydrogen) atoms. The Morgan fingerprint density at radius 1 is 0.980 bits per heavy atom. The number of benzene rings is 1. The van der Waals surface area contributed by atoms with E-state index in [-0.39, 0.29) is 29.7 Å².